The van der Waals surface area contributed by atoms with Crippen LogP contribution in [0.1, 0.15) is 16.8 Å². The Kier molecular flexibility index (Phi) is 8.54. The second kappa shape index (κ2) is 11.1. The quantitative estimate of drug-likeness (QED) is 0.512. The van der Waals surface area contributed by atoms with Crippen molar-refractivity contribution < 1.29 is 24.2 Å². The summed E-state index contributed by atoms with van der Waals surface area (Å²) >= 11 is 1.58. The number of esters is 1. The first-order valence-corrected chi connectivity index (χ1v) is 10.4. The predicted octanol–water partition coefficient (Wildman–Crippen LogP) is 2.87. The summed E-state index contributed by atoms with van der Waals surface area (Å²) in [4.78, 5) is 35.8. The van der Waals surface area contributed by atoms with E-state index in [1.54, 1.807) is 30.0 Å². The summed E-state index contributed by atoms with van der Waals surface area (Å²) in [6.07, 6.45) is 2.38. The molecule has 0 aliphatic rings. The molecular formula is C21H24N2O5S. The number of hydrogen-bond donors (Lipinski definition) is 3. The molecule has 3 N–H and O–H groups in total. The van der Waals surface area contributed by atoms with Gasteiger partial charge in [-0.3, -0.25) is 9.59 Å². The van der Waals surface area contributed by atoms with Crippen LogP contribution in [0.3, 0.4) is 0 Å². The molecule has 0 fully saturated rings. The highest BCUT2D eigenvalue weighted by Crippen LogP contribution is 2.27. The first-order valence-electron chi connectivity index (χ1n) is 8.99. The van der Waals surface area contributed by atoms with E-state index < -0.39 is 23.9 Å². The van der Waals surface area contributed by atoms with Crippen molar-refractivity contribution in [3.63, 3.8) is 0 Å². The maximum absolute atomic E-state index is 13.0. The lowest BCUT2D eigenvalue weighted by atomic mass is 9.98. The molecule has 0 saturated heterocycles. The summed E-state index contributed by atoms with van der Waals surface area (Å²) in [5.74, 6) is -1.18. The average Bonchev–Trinajstić information content (AvgIpc) is 2.74. The molecule has 0 radical (unpaired) electrons. The normalized spacial score (nSPS) is 11.4. The Morgan fingerprint density at radius 3 is 2.48 bits per heavy atom. The smallest absolute Gasteiger partial charge is 0.328 e. The van der Waals surface area contributed by atoms with Gasteiger partial charge >= 0.3 is 11.9 Å². The van der Waals surface area contributed by atoms with E-state index in [4.69, 9.17) is 9.84 Å². The summed E-state index contributed by atoms with van der Waals surface area (Å²) in [5, 5.41) is 14.4. The van der Waals surface area contributed by atoms with Crippen LogP contribution in [0.15, 0.2) is 48.5 Å². The zero-order valence-electron chi connectivity index (χ0n) is 16.3. The summed E-state index contributed by atoms with van der Waals surface area (Å²) in [5.41, 5.74) is 2.40. The number of anilines is 1. The molecule has 0 spiro atoms. The standard InChI is InChI=1S/C21H24N2O5S/c1-28-21(27)18(10-11-29-2)23-20(26)16-9-8-15(22-13-19(24)25)12-17(16)14-6-4-3-5-7-14/h3-9,12,18,22H,10-11,13H2,1-2H3,(H,23,26)(H,24,25)/t18-/m0/s1. The van der Waals surface area contributed by atoms with Crippen molar-refractivity contribution in [3.8, 4) is 11.1 Å². The second-order valence-corrected chi connectivity index (χ2v) is 7.19. The Hall–Kier alpha value is -3.00. The van der Waals surface area contributed by atoms with Gasteiger partial charge in [0.05, 0.1) is 7.11 Å². The molecule has 0 aliphatic carbocycles. The number of hydrogen-bond acceptors (Lipinski definition) is 6. The van der Waals surface area contributed by atoms with Crippen LogP contribution in [0, 0.1) is 0 Å². The summed E-state index contributed by atoms with van der Waals surface area (Å²) in [6.45, 7) is -0.237. The van der Waals surface area contributed by atoms with Crippen LogP contribution in [0.5, 0.6) is 0 Å². The van der Waals surface area contributed by atoms with Crippen molar-refractivity contribution in [2.75, 3.05) is 31.0 Å². The molecule has 1 atom stereocenters. The molecule has 0 aliphatic heterocycles. The van der Waals surface area contributed by atoms with Crippen molar-refractivity contribution in [2.24, 2.45) is 0 Å². The number of rotatable bonds is 10. The van der Waals surface area contributed by atoms with Gasteiger partial charge in [0.25, 0.3) is 5.91 Å². The van der Waals surface area contributed by atoms with E-state index in [-0.39, 0.29) is 6.54 Å². The Bertz CT molecular complexity index is 857. The molecule has 154 valence electrons. The number of thioether (sulfide) groups is 1. The first kappa shape index (κ1) is 22.3. The van der Waals surface area contributed by atoms with Gasteiger partial charge in [-0.15, -0.1) is 0 Å². The molecule has 2 rings (SSSR count). The lowest BCUT2D eigenvalue weighted by Crippen LogP contribution is -2.42. The molecule has 2 aromatic carbocycles. The number of carboxylic acids is 1. The SMILES string of the molecule is COC(=O)[C@H](CCSC)NC(=O)c1ccc(NCC(=O)O)cc1-c1ccccc1. The Labute approximate surface area is 173 Å². The number of methoxy groups -OCH3 is 1. The molecule has 8 heteroatoms. The van der Waals surface area contributed by atoms with E-state index in [0.29, 0.717) is 29.0 Å². The molecule has 0 heterocycles. The van der Waals surface area contributed by atoms with Crippen molar-refractivity contribution in [1.29, 1.82) is 0 Å². The largest absolute Gasteiger partial charge is 0.480 e. The monoisotopic (exact) mass is 416 g/mol. The number of carbonyl (C=O) groups excluding carboxylic acids is 2. The molecule has 0 aromatic heterocycles. The zero-order valence-corrected chi connectivity index (χ0v) is 17.1. The van der Waals surface area contributed by atoms with E-state index in [0.717, 1.165) is 5.56 Å². The number of aliphatic carboxylic acids is 1. The maximum atomic E-state index is 13.0. The molecule has 7 nitrogen and oxygen atoms in total. The van der Waals surface area contributed by atoms with E-state index >= 15 is 0 Å². The van der Waals surface area contributed by atoms with Gasteiger partial charge in [0.1, 0.15) is 12.6 Å². The van der Waals surface area contributed by atoms with Crippen molar-refractivity contribution in [1.82, 2.24) is 5.32 Å². The first-order chi connectivity index (χ1) is 14.0. The third kappa shape index (κ3) is 6.53. The predicted molar refractivity (Wildman–Crippen MR) is 114 cm³/mol. The molecular weight excluding hydrogens is 392 g/mol. The fraction of sp³-hybridized carbons (Fsp3) is 0.286. The molecule has 2 aromatic rings. The average molecular weight is 416 g/mol. The Morgan fingerprint density at radius 1 is 1.14 bits per heavy atom. The lowest BCUT2D eigenvalue weighted by molar-refractivity contribution is -0.143. The third-order valence-corrected chi connectivity index (χ3v) is 4.84. The lowest BCUT2D eigenvalue weighted by Gasteiger charge is -2.18. The van der Waals surface area contributed by atoms with Crippen LogP contribution in [-0.4, -0.2) is 54.7 Å². The Balaban J connectivity index is 2.35. The number of nitrogens with one attached hydrogen (secondary N) is 2. The highest BCUT2D eigenvalue weighted by Gasteiger charge is 2.23. The van der Waals surface area contributed by atoms with Crippen LogP contribution in [0.4, 0.5) is 5.69 Å². The summed E-state index contributed by atoms with van der Waals surface area (Å²) < 4.78 is 4.81. The highest BCUT2D eigenvalue weighted by molar-refractivity contribution is 7.98. The van der Waals surface area contributed by atoms with E-state index in [1.807, 2.05) is 36.6 Å². The minimum absolute atomic E-state index is 0.237. The Morgan fingerprint density at radius 2 is 1.86 bits per heavy atom. The van der Waals surface area contributed by atoms with Gasteiger partial charge in [-0.1, -0.05) is 30.3 Å². The summed E-state index contributed by atoms with van der Waals surface area (Å²) in [6, 6.07) is 13.5. The number of amides is 1. The van der Waals surface area contributed by atoms with Crippen LogP contribution in [0.2, 0.25) is 0 Å². The molecule has 0 saturated carbocycles. The van der Waals surface area contributed by atoms with E-state index in [1.165, 1.54) is 7.11 Å². The minimum atomic E-state index is -0.984. The third-order valence-electron chi connectivity index (χ3n) is 4.19. The van der Waals surface area contributed by atoms with Crippen LogP contribution < -0.4 is 10.6 Å². The van der Waals surface area contributed by atoms with Gasteiger partial charge in [-0.05, 0) is 47.8 Å². The van der Waals surface area contributed by atoms with Gasteiger partial charge < -0.3 is 20.5 Å². The van der Waals surface area contributed by atoms with E-state index in [2.05, 4.69) is 10.6 Å². The van der Waals surface area contributed by atoms with Crippen molar-refractivity contribution >= 4 is 35.3 Å². The number of ether oxygens (including phenoxy) is 1. The molecule has 0 unspecified atom stereocenters. The van der Waals surface area contributed by atoms with Crippen LogP contribution in [-0.2, 0) is 14.3 Å². The van der Waals surface area contributed by atoms with Gasteiger partial charge in [-0.25, -0.2) is 4.79 Å². The van der Waals surface area contributed by atoms with Gasteiger partial charge in [0.15, 0.2) is 0 Å². The van der Waals surface area contributed by atoms with Crippen molar-refractivity contribution in [3.05, 3.63) is 54.1 Å². The van der Waals surface area contributed by atoms with Gasteiger partial charge in [-0.2, -0.15) is 11.8 Å². The summed E-state index contributed by atoms with van der Waals surface area (Å²) in [7, 11) is 1.29. The fourth-order valence-corrected chi connectivity index (χ4v) is 3.22. The molecule has 29 heavy (non-hydrogen) atoms. The van der Waals surface area contributed by atoms with Gasteiger partial charge in [0.2, 0.25) is 0 Å². The van der Waals surface area contributed by atoms with Crippen LogP contribution >= 0.6 is 11.8 Å². The zero-order chi connectivity index (χ0) is 21.2. The molecule has 0 bridgehead atoms. The van der Waals surface area contributed by atoms with Crippen molar-refractivity contribution in [2.45, 2.75) is 12.5 Å². The van der Waals surface area contributed by atoms with Gasteiger partial charge in [0, 0.05) is 11.3 Å². The second-order valence-electron chi connectivity index (χ2n) is 6.20. The number of carboxylic acid groups (broad SMARTS) is 1. The van der Waals surface area contributed by atoms with Crippen LogP contribution in [0.25, 0.3) is 11.1 Å². The van der Waals surface area contributed by atoms with E-state index in [9.17, 15) is 14.4 Å². The fourth-order valence-electron chi connectivity index (χ4n) is 2.75. The number of carbonyl (C=O) groups is 3. The topological polar surface area (TPSA) is 105 Å². The number of benzene rings is 2. The highest BCUT2D eigenvalue weighted by atomic mass is 32.2. The minimum Gasteiger partial charge on any atom is -0.480 e. The molecule has 1 amide bonds. The maximum Gasteiger partial charge on any atom is 0.328 e.